The van der Waals surface area contributed by atoms with Crippen molar-refractivity contribution < 1.29 is 23.9 Å². The predicted molar refractivity (Wildman–Crippen MR) is 113 cm³/mol. The van der Waals surface area contributed by atoms with E-state index in [4.69, 9.17) is 9.47 Å². The zero-order chi connectivity index (χ0) is 22.0. The van der Waals surface area contributed by atoms with Crippen LogP contribution in [-0.2, 0) is 20.9 Å². The highest BCUT2D eigenvalue weighted by atomic mass is 16.6. The van der Waals surface area contributed by atoms with Crippen molar-refractivity contribution in [2.45, 2.75) is 64.7 Å². The summed E-state index contributed by atoms with van der Waals surface area (Å²) in [6.45, 7) is 7.00. The summed E-state index contributed by atoms with van der Waals surface area (Å²) in [4.78, 5) is 38.8. The lowest BCUT2D eigenvalue weighted by Crippen LogP contribution is -2.51. The standard InChI is InChI=1S/C22H33N3O5/c1-22(2,3)30-20(27)23-13-12-18(19(26)25-14-8-5-9-15-25)24-21(28)29-16-17-10-6-4-7-11-17/h4,6-7,10-11,18H,5,8-9,12-16H2,1-3H3,(H,23,27)(H,24,28)/t18-/m0/s1. The number of likely N-dealkylation sites (tertiary alicyclic amines) is 1. The van der Waals surface area contributed by atoms with Crippen molar-refractivity contribution in [3.05, 3.63) is 35.9 Å². The topological polar surface area (TPSA) is 97.0 Å². The van der Waals surface area contributed by atoms with Crippen LogP contribution in [0.4, 0.5) is 9.59 Å². The summed E-state index contributed by atoms with van der Waals surface area (Å²) < 4.78 is 10.5. The minimum Gasteiger partial charge on any atom is -0.445 e. The van der Waals surface area contributed by atoms with E-state index < -0.39 is 23.8 Å². The lowest BCUT2D eigenvalue weighted by atomic mass is 10.1. The minimum absolute atomic E-state index is 0.119. The number of hydrogen-bond donors (Lipinski definition) is 2. The van der Waals surface area contributed by atoms with E-state index in [1.54, 1.807) is 25.7 Å². The first kappa shape index (κ1) is 23.5. The Balaban J connectivity index is 1.90. The van der Waals surface area contributed by atoms with Crippen LogP contribution in [0.5, 0.6) is 0 Å². The molecule has 1 aromatic rings. The average molecular weight is 420 g/mol. The molecule has 0 unspecified atom stereocenters. The van der Waals surface area contributed by atoms with Gasteiger partial charge in [-0.1, -0.05) is 30.3 Å². The molecule has 1 aromatic carbocycles. The van der Waals surface area contributed by atoms with Crippen LogP contribution in [0, 0.1) is 0 Å². The van der Waals surface area contributed by atoms with E-state index in [9.17, 15) is 14.4 Å². The molecule has 1 aliphatic rings. The van der Waals surface area contributed by atoms with Gasteiger partial charge >= 0.3 is 12.2 Å². The molecule has 1 fully saturated rings. The second-order valence-corrected chi connectivity index (χ2v) is 8.36. The van der Waals surface area contributed by atoms with Gasteiger partial charge in [0.05, 0.1) is 0 Å². The third kappa shape index (κ3) is 8.71. The number of nitrogens with one attached hydrogen (secondary N) is 2. The number of amides is 3. The molecule has 0 spiro atoms. The number of alkyl carbamates (subject to hydrolysis) is 2. The second kappa shape index (κ2) is 11.4. The van der Waals surface area contributed by atoms with Gasteiger partial charge in [0.25, 0.3) is 0 Å². The normalized spacial score (nSPS) is 15.1. The number of benzene rings is 1. The lowest BCUT2D eigenvalue weighted by Gasteiger charge is -2.30. The number of hydrogen-bond acceptors (Lipinski definition) is 5. The molecule has 1 atom stereocenters. The Kier molecular flexibility index (Phi) is 8.95. The van der Waals surface area contributed by atoms with Gasteiger partial charge in [0, 0.05) is 19.6 Å². The molecule has 0 saturated carbocycles. The molecule has 1 aliphatic heterocycles. The van der Waals surface area contributed by atoms with Crippen molar-refractivity contribution in [2.75, 3.05) is 19.6 Å². The molecule has 166 valence electrons. The summed E-state index contributed by atoms with van der Waals surface area (Å²) in [6, 6.07) is 8.54. The largest absolute Gasteiger partial charge is 0.445 e. The summed E-state index contributed by atoms with van der Waals surface area (Å²) in [5.41, 5.74) is 0.255. The Hall–Kier alpha value is -2.77. The average Bonchev–Trinajstić information content (AvgIpc) is 2.71. The summed E-state index contributed by atoms with van der Waals surface area (Å²) in [5, 5.41) is 5.30. The molecular weight excluding hydrogens is 386 g/mol. The molecule has 30 heavy (non-hydrogen) atoms. The molecule has 3 amide bonds. The summed E-state index contributed by atoms with van der Waals surface area (Å²) in [5.74, 6) is -0.155. The number of carbonyl (C=O) groups is 3. The number of nitrogens with zero attached hydrogens (tertiary/aromatic N) is 1. The van der Waals surface area contributed by atoms with Crippen LogP contribution in [0.1, 0.15) is 52.0 Å². The van der Waals surface area contributed by atoms with Crippen LogP contribution >= 0.6 is 0 Å². The number of rotatable bonds is 7. The van der Waals surface area contributed by atoms with Crippen molar-refractivity contribution in [3.8, 4) is 0 Å². The highest BCUT2D eigenvalue weighted by Gasteiger charge is 2.27. The lowest BCUT2D eigenvalue weighted by molar-refractivity contribution is -0.134. The zero-order valence-electron chi connectivity index (χ0n) is 18.1. The molecule has 2 rings (SSSR count). The van der Waals surface area contributed by atoms with Crippen LogP contribution < -0.4 is 10.6 Å². The Labute approximate surface area is 178 Å². The van der Waals surface area contributed by atoms with Gasteiger partial charge in [-0.2, -0.15) is 0 Å². The smallest absolute Gasteiger partial charge is 0.408 e. The maximum Gasteiger partial charge on any atom is 0.408 e. The first-order chi connectivity index (χ1) is 14.2. The molecule has 0 radical (unpaired) electrons. The highest BCUT2D eigenvalue weighted by Crippen LogP contribution is 2.12. The highest BCUT2D eigenvalue weighted by molar-refractivity contribution is 5.85. The maximum absolute atomic E-state index is 12.9. The van der Waals surface area contributed by atoms with Crippen molar-refractivity contribution in [2.24, 2.45) is 0 Å². The molecule has 0 bridgehead atoms. The second-order valence-electron chi connectivity index (χ2n) is 8.36. The summed E-state index contributed by atoms with van der Waals surface area (Å²) in [6.07, 6.45) is 2.03. The zero-order valence-corrected chi connectivity index (χ0v) is 18.1. The molecule has 8 heteroatoms. The van der Waals surface area contributed by atoms with E-state index in [0.717, 1.165) is 24.8 Å². The predicted octanol–water partition coefficient (Wildman–Crippen LogP) is 3.21. The fourth-order valence-electron chi connectivity index (χ4n) is 3.13. The van der Waals surface area contributed by atoms with Gasteiger partial charge in [0.15, 0.2) is 0 Å². The summed E-state index contributed by atoms with van der Waals surface area (Å²) >= 11 is 0. The van der Waals surface area contributed by atoms with Gasteiger partial charge in [0.1, 0.15) is 18.2 Å². The van der Waals surface area contributed by atoms with Gasteiger partial charge in [-0.25, -0.2) is 9.59 Å². The third-order valence-corrected chi connectivity index (χ3v) is 4.57. The van der Waals surface area contributed by atoms with Gasteiger partial charge in [-0.15, -0.1) is 0 Å². The van der Waals surface area contributed by atoms with Crippen molar-refractivity contribution in [1.82, 2.24) is 15.5 Å². The molecule has 0 aliphatic carbocycles. The monoisotopic (exact) mass is 419 g/mol. The first-order valence-corrected chi connectivity index (χ1v) is 10.5. The van der Waals surface area contributed by atoms with E-state index in [2.05, 4.69) is 10.6 Å². The van der Waals surface area contributed by atoms with Gasteiger partial charge < -0.3 is 25.0 Å². The van der Waals surface area contributed by atoms with Crippen LogP contribution in [-0.4, -0.2) is 54.3 Å². The van der Waals surface area contributed by atoms with Gasteiger partial charge in [-0.05, 0) is 52.0 Å². The van der Waals surface area contributed by atoms with E-state index >= 15 is 0 Å². The van der Waals surface area contributed by atoms with Crippen LogP contribution in [0.25, 0.3) is 0 Å². The number of piperidine rings is 1. The van der Waals surface area contributed by atoms with E-state index in [0.29, 0.717) is 13.1 Å². The molecule has 1 heterocycles. The Bertz CT molecular complexity index is 696. The fourth-order valence-corrected chi connectivity index (χ4v) is 3.13. The number of ether oxygens (including phenoxy) is 2. The van der Waals surface area contributed by atoms with Gasteiger partial charge in [0.2, 0.25) is 5.91 Å². The Morgan fingerprint density at radius 2 is 1.70 bits per heavy atom. The van der Waals surface area contributed by atoms with Crippen molar-refractivity contribution in [1.29, 1.82) is 0 Å². The van der Waals surface area contributed by atoms with Crippen LogP contribution in [0.3, 0.4) is 0 Å². The summed E-state index contributed by atoms with van der Waals surface area (Å²) in [7, 11) is 0. The maximum atomic E-state index is 12.9. The third-order valence-electron chi connectivity index (χ3n) is 4.57. The molecule has 0 aromatic heterocycles. The molecule has 2 N–H and O–H groups in total. The van der Waals surface area contributed by atoms with Crippen molar-refractivity contribution >= 4 is 18.1 Å². The van der Waals surface area contributed by atoms with Crippen molar-refractivity contribution in [3.63, 3.8) is 0 Å². The molecule has 8 nitrogen and oxygen atoms in total. The van der Waals surface area contributed by atoms with E-state index in [1.165, 1.54) is 0 Å². The molecule has 1 saturated heterocycles. The van der Waals surface area contributed by atoms with E-state index in [-0.39, 0.29) is 25.5 Å². The van der Waals surface area contributed by atoms with Gasteiger partial charge in [-0.3, -0.25) is 4.79 Å². The quantitative estimate of drug-likeness (QED) is 0.707. The van der Waals surface area contributed by atoms with Crippen LogP contribution in [0.15, 0.2) is 30.3 Å². The first-order valence-electron chi connectivity index (χ1n) is 10.5. The van der Waals surface area contributed by atoms with Crippen LogP contribution in [0.2, 0.25) is 0 Å². The van der Waals surface area contributed by atoms with E-state index in [1.807, 2.05) is 30.3 Å². The SMILES string of the molecule is CC(C)(C)OC(=O)NCC[C@H](NC(=O)OCc1ccccc1)C(=O)N1CCCCC1. The Morgan fingerprint density at radius 1 is 1.03 bits per heavy atom. The number of carbonyl (C=O) groups excluding carboxylic acids is 3. The Morgan fingerprint density at radius 3 is 2.33 bits per heavy atom. The fraction of sp³-hybridized carbons (Fsp3) is 0.591. The molecular formula is C22H33N3O5. The minimum atomic E-state index is -0.777.